The number of piperazine rings is 1. The van der Waals surface area contributed by atoms with Crippen LogP contribution in [-0.4, -0.2) is 32.1 Å². The number of hydrogen-bond donors (Lipinski definition) is 2. The highest BCUT2D eigenvalue weighted by molar-refractivity contribution is 5.99. The van der Waals surface area contributed by atoms with Crippen molar-refractivity contribution in [2.75, 3.05) is 36.4 Å². The summed E-state index contributed by atoms with van der Waals surface area (Å²) in [4.78, 5) is 14.0. The summed E-state index contributed by atoms with van der Waals surface area (Å²) < 4.78 is 0. The minimum Gasteiger partial charge on any atom is -0.369 e. The van der Waals surface area contributed by atoms with Crippen LogP contribution in [-0.2, 0) is 4.79 Å². The second kappa shape index (κ2) is 7.50. The second-order valence-electron chi connectivity index (χ2n) is 4.66. The Morgan fingerprint density at radius 3 is 2.55 bits per heavy atom. The van der Waals surface area contributed by atoms with E-state index in [1.807, 2.05) is 31.2 Å². The molecule has 2 rings (SSSR count). The number of carbonyl (C=O) groups is 1. The molecule has 20 heavy (non-hydrogen) atoms. The molecule has 0 aromatic heterocycles. The molecule has 0 radical (unpaired) electrons. The number of benzene rings is 1. The van der Waals surface area contributed by atoms with Crippen LogP contribution in [0.5, 0.6) is 0 Å². The number of allylic oxidation sites excluding steroid dienone is 3. The molecule has 1 fully saturated rings. The first kappa shape index (κ1) is 14.3. The smallest absolute Gasteiger partial charge is 0.248 e. The first-order valence-corrected chi connectivity index (χ1v) is 6.95. The van der Waals surface area contributed by atoms with Crippen LogP contribution in [0.25, 0.3) is 0 Å². The Balaban J connectivity index is 1.92. The SMILES string of the molecule is C/C=C\C=C/C(=O)Nc1ccc(N2CCNCC2)cc1. The van der Waals surface area contributed by atoms with Crippen molar-refractivity contribution in [3.63, 3.8) is 0 Å². The van der Waals surface area contributed by atoms with Gasteiger partial charge in [-0.05, 0) is 31.2 Å². The lowest BCUT2D eigenvalue weighted by Gasteiger charge is -2.29. The van der Waals surface area contributed by atoms with Crippen molar-refractivity contribution in [1.29, 1.82) is 0 Å². The van der Waals surface area contributed by atoms with Gasteiger partial charge in [0.05, 0.1) is 0 Å². The maximum absolute atomic E-state index is 11.6. The fourth-order valence-electron chi connectivity index (χ4n) is 2.12. The molecule has 1 aromatic carbocycles. The highest BCUT2D eigenvalue weighted by Gasteiger charge is 2.09. The van der Waals surface area contributed by atoms with Gasteiger partial charge in [-0.25, -0.2) is 0 Å². The Hall–Kier alpha value is -2.07. The number of amides is 1. The topological polar surface area (TPSA) is 44.4 Å². The third-order valence-corrected chi connectivity index (χ3v) is 3.17. The van der Waals surface area contributed by atoms with Gasteiger partial charge in [0.2, 0.25) is 5.91 Å². The lowest BCUT2D eigenvalue weighted by atomic mass is 10.2. The minimum atomic E-state index is -0.113. The lowest BCUT2D eigenvalue weighted by Crippen LogP contribution is -2.43. The predicted molar refractivity (Wildman–Crippen MR) is 84.1 cm³/mol. The fourth-order valence-corrected chi connectivity index (χ4v) is 2.12. The molecule has 0 aliphatic carbocycles. The van der Waals surface area contributed by atoms with Crippen LogP contribution in [0.2, 0.25) is 0 Å². The van der Waals surface area contributed by atoms with E-state index >= 15 is 0 Å². The quantitative estimate of drug-likeness (QED) is 0.651. The number of nitrogens with zero attached hydrogens (tertiary/aromatic N) is 1. The molecule has 0 spiro atoms. The zero-order valence-electron chi connectivity index (χ0n) is 11.8. The van der Waals surface area contributed by atoms with Crippen molar-refractivity contribution in [3.05, 3.63) is 48.6 Å². The van der Waals surface area contributed by atoms with Crippen LogP contribution in [0.3, 0.4) is 0 Å². The summed E-state index contributed by atoms with van der Waals surface area (Å²) >= 11 is 0. The monoisotopic (exact) mass is 271 g/mol. The van der Waals surface area contributed by atoms with Gasteiger partial charge in [-0.15, -0.1) is 0 Å². The molecule has 1 aliphatic rings. The van der Waals surface area contributed by atoms with Gasteiger partial charge in [0.25, 0.3) is 0 Å². The standard InChI is InChI=1S/C16H21N3O/c1-2-3-4-5-16(20)18-14-6-8-15(9-7-14)19-12-10-17-11-13-19/h2-9,17H,10-13H2,1H3,(H,18,20)/b3-2-,5-4-. The molecule has 1 aromatic rings. The predicted octanol–water partition coefficient (Wildman–Crippen LogP) is 2.17. The summed E-state index contributed by atoms with van der Waals surface area (Å²) in [5, 5.41) is 6.17. The third kappa shape index (κ3) is 4.24. The molecule has 0 saturated carbocycles. The summed E-state index contributed by atoms with van der Waals surface area (Å²) in [6.07, 6.45) is 6.95. The maximum atomic E-state index is 11.6. The number of anilines is 2. The Labute approximate surface area is 120 Å². The van der Waals surface area contributed by atoms with Gasteiger partial charge in [-0.3, -0.25) is 4.79 Å². The van der Waals surface area contributed by atoms with Gasteiger partial charge < -0.3 is 15.5 Å². The molecular formula is C16H21N3O. The number of nitrogens with one attached hydrogen (secondary N) is 2. The van der Waals surface area contributed by atoms with Crippen LogP contribution >= 0.6 is 0 Å². The first-order valence-electron chi connectivity index (χ1n) is 6.95. The average molecular weight is 271 g/mol. The maximum Gasteiger partial charge on any atom is 0.248 e. The van der Waals surface area contributed by atoms with Crippen molar-refractivity contribution < 1.29 is 4.79 Å². The van der Waals surface area contributed by atoms with E-state index < -0.39 is 0 Å². The van der Waals surface area contributed by atoms with Crippen molar-refractivity contribution in [3.8, 4) is 0 Å². The number of carbonyl (C=O) groups excluding carboxylic acids is 1. The van der Waals surface area contributed by atoms with Crippen LogP contribution < -0.4 is 15.5 Å². The average Bonchev–Trinajstić information content (AvgIpc) is 2.49. The van der Waals surface area contributed by atoms with Crippen molar-refractivity contribution >= 4 is 17.3 Å². The fraction of sp³-hybridized carbons (Fsp3) is 0.312. The summed E-state index contributed by atoms with van der Waals surface area (Å²) in [6.45, 7) is 6.01. The number of rotatable bonds is 4. The molecule has 1 saturated heterocycles. The van der Waals surface area contributed by atoms with Crippen LogP contribution in [0, 0.1) is 0 Å². The van der Waals surface area contributed by atoms with Crippen LogP contribution in [0.15, 0.2) is 48.6 Å². The molecule has 0 unspecified atom stereocenters. The Bertz CT molecular complexity index is 485. The normalized spacial score (nSPS) is 15.9. The van der Waals surface area contributed by atoms with E-state index in [0.717, 1.165) is 31.9 Å². The Morgan fingerprint density at radius 1 is 1.20 bits per heavy atom. The van der Waals surface area contributed by atoms with E-state index in [2.05, 4.69) is 27.7 Å². The molecule has 106 valence electrons. The summed E-state index contributed by atoms with van der Waals surface area (Å²) in [5.41, 5.74) is 2.02. The molecule has 1 aliphatic heterocycles. The molecule has 1 heterocycles. The van der Waals surface area contributed by atoms with Gasteiger partial charge in [0.15, 0.2) is 0 Å². The van der Waals surface area contributed by atoms with Gasteiger partial charge >= 0.3 is 0 Å². The van der Waals surface area contributed by atoms with E-state index in [1.165, 1.54) is 11.8 Å². The van der Waals surface area contributed by atoms with Gasteiger partial charge in [-0.2, -0.15) is 0 Å². The van der Waals surface area contributed by atoms with Crippen LogP contribution in [0.4, 0.5) is 11.4 Å². The second-order valence-corrected chi connectivity index (χ2v) is 4.66. The Kier molecular flexibility index (Phi) is 5.38. The summed E-state index contributed by atoms with van der Waals surface area (Å²) in [7, 11) is 0. The van der Waals surface area contributed by atoms with E-state index in [-0.39, 0.29) is 5.91 Å². The summed E-state index contributed by atoms with van der Waals surface area (Å²) in [5.74, 6) is -0.113. The first-order chi connectivity index (χ1) is 9.79. The molecule has 4 heteroatoms. The van der Waals surface area contributed by atoms with Gasteiger partial charge in [0.1, 0.15) is 0 Å². The largest absolute Gasteiger partial charge is 0.369 e. The highest BCUT2D eigenvalue weighted by atomic mass is 16.1. The third-order valence-electron chi connectivity index (χ3n) is 3.17. The van der Waals surface area contributed by atoms with Gasteiger partial charge in [-0.1, -0.05) is 18.2 Å². The van der Waals surface area contributed by atoms with Crippen LogP contribution in [0.1, 0.15) is 6.92 Å². The van der Waals surface area contributed by atoms with Gasteiger partial charge in [0, 0.05) is 43.6 Å². The zero-order valence-corrected chi connectivity index (χ0v) is 11.8. The van der Waals surface area contributed by atoms with Crippen molar-refractivity contribution in [1.82, 2.24) is 5.32 Å². The van der Waals surface area contributed by atoms with E-state index in [4.69, 9.17) is 0 Å². The van der Waals surface area contributed by atoms with E-state index in [9.17, 15) is 4.79 Å². The lowest BCUT2D eigenvalue weighted by molar-refractivity contribution is -0.111. The summed E-state index contributed by atoms with van der Waals surface area (Å²) in [6, 6.07) is 7.99. The molecule has 0 atom stereocenters. The van der Waals surface area contributed by atoms with E-state index in [1.54, 1.807) is 6.08 Å². The van der Waals surface area contributed by atoms with Crippen molar-refractivity contribution in [2.45, 2.75) is 6.92 Å². The molecule has 2 N–H and O–H groups in total. The molecule has 1 amide bonds. The molecular weight excluding hydrogens is 250 g/mol. The van der Waals surface area contributed by atoms with E-state index in [0.29, 0.717) is 0 Å². The minimum absolute atomic E-state index is 0.113. The molecule has 0 bridgehead atoms. The number of hydrogen-bond acceptors (Lipinski definition) is 3. The highest BCUT2D eigenvalue weighted by Crippen LogP contribution is 2.18. The molecule has 4 nitrogen and oxygen atoms in total. The Morgan fingerprint density at radius 2 is 1.90 bits per heavy atom. The van der Waals surface area contributed by atoms with Crippen molar-refractivity contribution in [2.24, 2.45) is 0 Å². The zero-order chi connectivity index (χ0) is 14.2.